The zero-order valence-corrected chi connectivity index (χ0v) is 29.0. The first-order valence-corrected chi connectivity index (χ1v) is 16.9. The van der Waals surface area contributed by atoms with Crippen LogP contribution in [-0.2, 0) is 14.2 Å². The molecule has 1 aliphatic rings. The number of unbranched alkanes of at least 4 members (excludes halogenated alkanes) is 4. The molecule has 0 aromatic heterocycles. The zero-order valence-electron chi connectivity index (χ0n) is 28.1. The summed E-state index contributed by atoms with van der Waals surface area (Å²) < 4.78 is 47.0. The van der Waals surface area contributed by atoms with Gasteiger partial charge in [-0.2, -0.15) is 0 Å². The van der Waals surface area contributed by atoms with Crippen LogP contribution < -0.4 is 29.0 Å². The number of hydrogen-bond donors (Lipinski definition) is 0. The SMILES string of the molecule is CCCCCOc1ccc([P+](C=C2C(OC)=C[C-](OC)C=C2OC)=Cc2c(OC)cc(OC)cc2OC)c(OCCCCC)c1. The molecule has 0 N–H and O–H groups in total. The third-order valence-corrected chi connectivity index (χ3v) is 9.27. The van der Waals surface area contributed by atoms with Gasteiger partial charge < -0.3 is 37.9 Å². The molecule has 0 amide bonds. The van der Waals surface area contributed by atoms with Gasteiger partial charge in [-0.1, -0.05) is 39.5 Å². The number of benzene rings is 2. The minimum absolute atomic E-state index is 0.605. The van der Waals surface area contributed by atoms with Gasteiger partial charge in [0.1, 0.15) is 40.2 Å². The third kappa shape index (κ3) is 9.87. The van der Waals surface area contributed by atoms with E-state index in [1.165, 1.54) is 0 Å². The van der Waals surface area contributed by atoms with Gasteiger partial charge in [0.2, 0.25) is 0 Å². The summed E-state index contributed by atoms with van der Waals surface area (Å²) in [7, 11) is 8.56. The Morgan fingerprint density at radius 3 is 1.73 bits per heavy atom. The summed E-state index contributed by atoms with van der Waals surface area (Å²) in [5.74, 6) is 9.02. The van der Waals surface area contributed by atoms with E-state index in [-0.39, 0.29) is 0 Å². The number of hydrogen-bond acceptors (Lipinski definition) is 8. The highest BCUT2D eigenvalue weighted by atomic mass is 31.1. The molecule has 2 aromatic rings. The van der Waals surface area contributed by atoms with Crippen molar-refractivity contribution in [3.05, 3.63) is 77.1 Å². The molecule has 1 aliphatic carbocycles. The van der Waals surface area contributed by atoms with Crippen LogP contribution in [0.15, 0.2) is 65.4 Å². The molecular weight excluding hydrogens is 591 g/mol. The van der Waals surface area contributed by atoms with E-state index in [0.717, 1.165) is 66.5 Å². The number of rotatable bonds is 19. The smallest absolute Gasteiger partial charge is 0.195 e. The maximum Gasteiger partial charge on any atom is 0.195 e. The van der Waals surface area contributed by atoms with Crippen LogP contribution in [0.5, 0.6) is 28.7 Å². The maximum absolute atomic E-state index is 6.49. The molecule has 0 saturated carbocycles. The van der Waals surface area contributed by atoms with Crippen LogP contribution in [0.3, 0.4) is 0 Å². The fourth-order valence-electron chi connectivity index (χ4n) is 4.76. The van der Waals surface area contributed by atoms with Gasteiger partial charge in [-0.25, -0.2) is 0 Å². The van der Waals surface area contributed by atoms with E-state index in [2.05, 4.69) is 31.5 Å². The summed E-state index contributed by atoms with van der Waals surface area (Å²) in [6.07, 6.45) is 10.8. The van der Waals surface area contributed by atoms with Crippen molar-refractivity contribution in [3.8, 4) is 28.7 Å². The Kier molecular flexibility index (Phi) is 15.0. The fourth-order valence-corrected chi connectivity index (χ4v) is 6.81. The van der Waals surface area contributed by atoms with E-state index in [1.54, 1.807) is 42.7 Å². The topological polar surface area (TPSA) is 73.8 Å². The van der Waals surface area contributed by atoms with Crippen molar-refractivity contribution in [2.45, 2.75) is 52.4 Å². The second-order valence-electron chi connectivity index (χ2n) is 10.3. The number of methoxy groups -OCH3 is 6. The average Bonchev–Trinajstić information content (AvgIpc) is 3.08. The lowest BCUT2D eigenvalue weighted by molar-refractivity contribution is 0.225. The van der Waals surface area contributed by atoms with Crippen LogP contribution in [0, 0.1) is 6.10 Å². The molecule has 0 bridgehead atoms. The molecule has 8 nitrogen and oxygen atoms in total. The summed E-state index contributed by atoms with van der Waals surface area (Å²) in [5, 5.41) is 1.00. The lowest BCUT2D eigenvalue weighted by Crippen LogP contribution is -2.11. The van der Waals surface area contributed by atoms with Gasteiger partial charge in [-0.15, -0.1) is 12.2 Å². The second kappa shape index (κ2) is 18.9. The monoisotopic (exact) mass is 640 g/mol. The molecule has 3 rings (SSSR count). The maximum atomic E-state index is 6.49. The number of ether oxygens (including phenoxy) is 8. The summed E-state index contributed by atoms with van der Waals surface area (Å²) in [6, 6.07) is 9.82. The molecule has 0 radical (unpaired) electrons. The highest BCUT2D eigenvalue weighted by Crippen LogP contribution is 2.42. The van der Waals surface area contributed by atoms with Crippen LogP contribution in [0.2, 0.25) is 0 Å². The van der Waals surface area contributed by atoms with Crippen molar-refractivity contribution < 1.29 is 37.9 Å². The molecule has 1 unspecified atom stereocenters. The van der Waals surface area contributed by atoms with Gasteiger partial charge >= 0.3 is 0 Å². The quantitative estimate of drug-likeness (QED) is 0.0871. The Labute approximate surface area is 270 Å². The van der Waals surface area contributed by atoms with Crippen molar-refractivity contribution >= 4 is 18.6 Å². The molecule has 0 fully saturated rings. The Morgan fingerprint density at radius 1 is 0.644 bits per heavy atom. The van der Waals surface area contributed by atoms with E-state index in [4.69, 9.17) is 37.9 Å². The van der Waals surface area contributed by atoms with Gasteiger partial charge in [-0.3, -0.25) is 0 Å². The van der Waals surface area contributed by atoms with E-state index in [9.17, 15) is 0 Å². The molecular formula is C36H49O8P. The molecule has 0 saturated heterocycles. The van der Waals surface area contributed by atoms with Gasteiger partial charge in [0, 0.05) is 36.8 Å². The summed E-state index contributed by atoms with van der Waals surface area (Å²) in [4.78, 5) is 0. The summed E-state index contributed by atoms with van der Waals surface area (Å²) >= 11 is 0. The van der Waals surface area contributed by atoms with Crippen molar-refractivity contribution in [1.82, 2.24) is 0 Å². The van der Waals surface area contributed by atoms with E-state index in [0.29, 0.717) is 48.1 Å². The van der Waals surface area contributed by atoms with Crippen LogP contribution in [0.4, 0.5) is 0 Å². The van der Waals surface area contributed by atoms with Crippen LogP contribution in [0.25, 0.3) is 0 Å². The molecule has 0 spiro atoms. The highest BCUT2D eigenvalue weighted by molar-refractivity contribution is 7.68. The van der Waals surface area contributed by atoms with E-state index >= 15 is 0 Å². The highest BCUT2D eigenvalue weighted by Gasteiger charge is 2.26. The fraction of sp³-hybridized carbons (Fsp3) is 0.444. The molecule has 9 heteroatoms. The third-order valence-electron chi connectivity index (χ3n) is 7.27. The largest absolute Gasteiger partial charge is 0.553 e. The first-order chi connectivity index (χ1) is 22.0. The van der Waals surface area contributed by atoms with Crippen molar-refractivity contribution in [3.63, 3.8) is 0 Å². The lowest BCUT2D eigenvalue weighted by atomic mass is 10.1. The molecule has 45 heavy (non-hydrogen) atoms. The Hall–Kier alpha value is -3.74. The van der Waals surface area contributed by atoms with Gasteiger partial charge in [0.05, 0.1) is 48.8 Å². The molecule has 2 aromatic carbocycles. The van der Waals surface area contributed by atoms with Crippen LogP contribution in [-0.4, -0.2) is 61.7 Å². The van der Waals surface area contributed by atoms with Crippen LogP contribution in [0.1, 0.15) is 57.9 Å². The summed E-state index contributed by atoms with van der Waals surface area (Å²) in [6.45, 7) is 5.64. The molecule has 1 atom stereocenters. The Balaban J connectivity index is 2.28. The van der Waals surface area contributed by atoms with Gasteiger partial charge in [0.25, 0.3) is 0 Å². The van der Waals surface area contributed by atoms with Crippen molar-refractivity contribution in [2.24, 2.45) is 0 Å². The van der Waals surface area contributed by atoms with E-state index in [1.807, 2.05) is 36.4 Å². The minimum Gasteiger partial charge on any atom is -0.553 e. The standard InChI is InChI=1S/C36H49O8P/c1-9-11-13-17-43-26-15-16-36(35(19-26)44-18-14-12-10-2)45(24-29-31(39-5)20-27(37-3)21-32(29)40-6)25-30-33(41-7)22-28(38-4)23-34(30)42-8/h15-16,19-25H,9-14,17-18H2,1-8H3. The average molecular weight is 641 g/mol. The first-order valence-electron chi connectivity index (χ1n) is 15.4. The zero-order chi connectivity index (χ0) is 32.6. The summed E-state index contributed by atoms with van der Waals surface area (Å²) in [5.41, 5.74) is 1.60. The second-order valence-corrected chi connectivity index (χ2v) is 12.1. The predicted molar refractivity (Wildman–Crippen MR) is 183 cm³/mol. The van der Waals surface area contributed by atoms with Gasteiger partial charge in [0.15, 0.2) is 18.6 Å². The predicted octanol–water partition coefficient (Wildman–Crippen LogP) is 7.94. The molecule has 0 aliphatic heterocycles. The van der Waals surface area contributed by atoms with Crippen molar-refractivity contribution in [1.29, 1.82) is 0 Å². The van der Waals surface area contributed by atoms with E-state index < -0.39 is 7.55 Å². The normalized spacial score (nSPS) is 13.1. The molecule has 0 heterocycles. The lowest BCUT2D eigenvalue weighted by Gasteiger charge is -2.29. The van der Waals surface area contributed by atoms with Gasteiger partial charge in [-0.05, 0) is 36.7 Å². The van der Waals surface area contributed by atoms with Crippen LogP contribution >= 0.6 is 7.55 Å². The minimum atomic E-state index is -1.23. The Morgan fingerprint density at radius 2 is 1.22 bits per heavy atom. The Bertz CT molecular complexity index is 1310. The van der Waals surface area contributed by atoms with Crippen molar-refractivity contribution in [2.75, 3.05) is 55.9 Å². The first kappa shape index (κ1) is 35.7. The molecule has 246 valence electrons.